The van der Waals surface area contributed by atoms with E-state index >= 15 is 0 Å². The molecule has 3 aromatic carbocycles. The third-order valence-corrected chi connectivity index (χ3v) is 5.87. The molecule has 0 saturated heterocycles. The van der Waals surface area contributed by atoms with Gasteiger partial charge in [0.25, 0.3) is 0 Å². The van der Waals surface area contributed by atoms with Crippen LogP contribution in [0.2, 0.25) is 0 Å². The second-order valence-electron chi connectivity index (χ2n) is 7.65. The van der Waals surface area contributed by atoms with Gasteiger partial charge in [0.15, 0.2) is 0 Å². The zero-order valence-corrected chi connectivity index (χ0v) is 15.6. The monoisotopic (exact) mass is 343 g/mol. The predicted molar refractivity (Wildman–Crippen MR) is 112 cm³/mol. The maximum absolute atomic E-state index is 3.71. The highest BCUT2D eigenvalue weighted by molar-refractivity contribution is 5.97. The third-order valence-electron chi connectivity index (χ3n) is 5.87. The lowest BCUT2D eigenvalue weighted by molar-refractivity contribution is 0.334. The van der Waals surface area contributed by atoms with E-state index in [2.05, 4.69) is 72.0 Å². The Labute approximate surface area is 157 Å². The van der Waals surface area contributed by atoms with E-state index in [0.717, 1.165) is 19.0 Å². The van der Waals surface area contributed by atoms with Gasteiger partial charge in [0.2, 0.25) is 0 Å². The van der Waals surface area contributed by atoms with Crippen LogP contribution in [0.15, 0.2) is 66.7 Å². The molecule has 3 aromatic rings. The van der Waals surface area contributed by atoms with Gasteiger partial charge in [-0.05, 0) is 46.3 Å². The number of rotatable bonds is 6. The first kappa shape index (κ1) is 17.3. The average molecular weight is 344 g/mol. The molecule has 1 heteroatoms. The summed E-state index contributed by atoms with van der Waals surface area (Å²) in [4.78, 5) is 0. The van der Waals surface area contributed by atoms with Gasteiger partial charge in [-0.15, -0.1) is 0 Å². The van der Waals surface area contributed by atoms with Crippen molar-refractivity contribution in [2.24, 2.45) is 5.92 Å². The molecule has 134 valence electrons. The van der Waals surface area contributed by atoms with E-state index in [1.54, 1.807) is 0 Å². The van der Waals surface area contributed by atoms with Crippen molar-refractivity contribution in [3.05, 3.63) is 72.3 Å². The molecular weight excluding hydrogens is 314 g/mol. The summed E-state index contributed by atoms with van der Waals surface area (Å²) in [5, 5.41) is 6.36. The Bertz CT molecular complexity index is 840. The van der Waals surface area contributed by atoms with Gasteiger partial charge in [-0.1, -0.05) is 98.8 Å². The minimum absolute atomic E-state index is 0.949. The maximum Gasteiger partial charge on any atom is 0.0211 e. The van der Waals surface area contributed by atoms with Crippen molar-refractivity contribution in [2.45, 2.75) is 45.1 Å². The summed E-state index contributed by atoms with van der Waals surface area (Å²) < 4.78 is 0. The Morgan fingerprint density at radius 2 is 1.46 bits per heavy atom. The molecule has 0 aromatic heterocycles. The summed E-state index contributed by atoms with van der Waals surface area (Å²) in [6.07, 6.45) is 8.53. The SMILES string of the molecule is c1ccc(-c2cccc3ccccc23)c(CNCCC2CCCCC2)c1. The number of nitrogens with one attached hydrogen (secondary N) is 1. The Hall–Kier alpha value is -2.12. The molecule has 1 saturated carbocycles. The zero-order chi connectivity index (χ0) is 17.6. The normalized spacial score (nSPS) is 15.4. The first-order valence-electron chi connectivity index (χ1n) is 10.2. The van der Waals surface area contributed by atoms with Crippen molar-refractivity contribution in [3.63, 3.8) is 0 Å². The predicted octanol–water partition coefficient (Wildman–Crippen LogP) is 6.57. The maximum atomic E-state index is 3.71. The topological polar surface area (TPSA) is 12.0 Å². The summed E-state index contributed by atoms with van der Waals surface area (Å²) in [6.45, 7) is 2.08. The molecule has 0 amide bonds. The summed E-state index contributed by atoms with van der Waals surface area (Å²) >= 11 is 0. The van der Waals surface area contributed by atoms with E-state index in [1.165, 1.54) is 66.0 Å². The Balaban J connectivity index is 1.48. The molecule has 4 rings (SSSR count). The number of fused-ring (bicyclic) bond motifs is 1. The lowest BCUT2D eigenvalue weighted by atomic mass is 9.87. The number of hydrogen-bond donors (Lipinski definition) is 1. The van der Waals surface area contributed by atoms with E-state index in [1.807, 2.05) is 0 Å². The molecular formula is C25H29N. The molecule has 1 fully saturated rings. The lowest BCUT2D eigenvalue weighted by Crippen LogP contribution is -2.19. The van der Waals surface area contributed by atoms with Crippen LogP contribution in [0.3, 0.4) is 0 Å². The lowest BCUT2D eigenvalue weighted by Gasteiger charge is -2.21. The van der Waals surface area contributed by atoms with Crippen LogP contribution in [0.1, 0.15) is 44.1 Å². The standard InChI is InChI=1S/C25H29N/c1-2-9-20(10-3-1)17-18-26-19-22-12-5-7-15-24(22)25-16-8-13-21-11-4-6-14-23(21)25/h4-8,11-16,20,26H,1-3,9-10,17-19H2. The van der Waals surface area contributed by atoms with Gasteiger partial charge in [0.05, 0.1) is 0 Å². The number of hydrogen-bond acceptors (Lipinski definition) is 1. The third kappa shape index (κ3) is 3.99. The van der Waals surface area contributed by atoms with Crippen molar-refractivity contribution in [1.82, 2.24) is 5.32 Å². The van der Waals surface area contributed by atoms with Crippen LogP contribution in [0, 0.1) is 5.92 Å². The highest BCUT2D eigenvalue weighted by Crippen LogP contribution is 2.31. The largest absolute Gasteiger partial charge is 0.313 e. The highest BCUT2D eigenvalue weighted by Gasteiger charge is 2.13. The van der Waals surface area contributed by atoms with Gasteiger partial charge in [-0.25, -0.2) is 0 Å². The molecule has 0 radical (unpaired) electrons. The minimum Gasteiger partial charge on any atom is -0.313 e. The second kappa shape index (κ2) is 8.51. The molecule has 0 atom stereocenters. The fourth-order valence-electron chi connectivity index (χ4n) is 4.40. The fourth-order valence-corrected chi connectivity index (χ4v) is 4.40. The van der Waals surface area contributed by atoms with E-state index in [-0.39, 0.29) is 0 Å². The van der Waals surface area contributed by atoms with Crippen LogP contribution in [0.25, 0.3) is 21.9 Å². The smallest absolute Gasteiger partial charge is 0.0211 e. The van der Waals surface area contributed by atoms with Crippen LogP contribution < -0.4 is 5.32 Å². The van der Waals surface area contributed by atoms with Gasteiger partial charge in [-0.3, -0.25) is 0 Å². The average Bonchev–Trinajstić information content (AvgIpc) is 2.72. The van der Waals surface area contributed by atoms with Crippen LogP contribution in [0.5, 0.6) is 0 Å². The summed E-state index contributed by atoms with van der Waals surface area (Å²) in [5.41, 5.74) is 4.09. The number of benzene rings is 3. The van der Waals surface area contributed by atoms with E-state index in [0.29, 0.717) is 0 Å². The van der Waals surface area contributed by atoms with Crippen molar-refractivity contribution in [2.75, 3.05) is 6.54 Å². The highest BCUT2D eigenvalue weighted by atomic mass is 14.8. The molecule has 1 aliphatic carbocycles. The molecule has 0 heterocycles. The van der Waals surface area contributed by atoms with Crippen molar-refractivity contribution in [1.29, 1.82) is 0 Å². The van der Waals surface area contributed by atoms with Crippen molar-refractivity contribution in [3.8, 4) is 11.1 Å². The molecule has 0 unspecified atom stereocenters. The molecule has 1 N–H and O–H groups in total. The molecule has 0 aliphatic heterocycles. The Morgan fingerprint density at radius 1 is 0.731 bits per heavy atom. The zero-order valence-electron chi connectivity index (χ0n) is 15.6. The molecule has 1 aliphatic rings. The molecule has 0 spiro atoms. The quantitative estimate of drug-likeness (QED) is 0.499. The van der Waals surface area contributed by atoms with Crippen LogP contribution in [0.4, 0.5) is 0 Å². The van der Waals surface area contributed by atoms with E-state index < -0.39 is 0 Å². The van der Waals surface area contributed by atoms with Gasteiger partial charge >= 0.3 is 0 Å². The van der Waals surface area contributed by atoms with Crippen LogP contribution in [-0.4, -0.2) is 6.54 Å². The Kier molecular flexibility index (Phi) is 5.66. The Morgan fingerprint density at radius 3 is 2.38 bits per heavy atom. The van der Waals surface area contributed by atoms with Gasteiger partial charge in [0.1, 0.15) is 0 Å². The van der Waals surface area contributed by atoms with Gasteiger partial charge in [-0.2, -0.15) is 0 Å². The summed E-state index contributed by atoms with van der Waals surface area (Å²) in [7, 11) is 0. The van der Waals surface area contributed by atoms with Gasteiger partial charge in [0, 0.05) is 6.54 Å². The van der Waals surface area contributed by atoms with Gasteiger partial charge < -0.3 is 5.32 Å². The van der Waals surface area contributed by atoms with E-state index in [9.17, 15) is 0 Å². The summed E-state index contributed by atoms with van der Waals surface area (Å²) in [5.74, 6) is 0.949. The van der Waals surface area contributed by atoms with Crippen LogP contribution in [-0.2, 0) is 6.54 Å². The van der Waals surface area contributed by atoms with Crippen molar-refractivity contribution >= 4 is 10.8 Å². The van der Waals surface area contributed by atoms with Crippen LogP contribution >= 0.6 is 0 Å². The fraction of sp³-hybridized carbons (Fsp3) is 0.360. The van der Waals surface area contributed by atoms with Crippen molar-refractivity contribution < 1.29 is 0 Å². The minimum atomic E-state index is 0.949. The summed E-state index contributed by atoms with van der Waals surface area (Å²) in [6, 6.07) is 24.2. The molecule has 1 nitrogen and oxygen atoms in total. The molecule has 0 bridgehead atoms. The first-order chi connectivity index (χ1) is 12.9. The first-order valence-corrected chi connectivity index (χ1v) is 10.2. The second-order valence-corrected chi connectivity index (χ2v) is 7.65. The molecule has 26 heavy (non-hydrogen) atoms. The van der Waals surface area contributed by atoms with E-state index in [4.69, 9.17) is 0 Å².